The van der Waals surface area contributed by atoms with E-state index in [9.17, 15) is 4.79 Å². The zero-order valence-electron chi connectivity index (χ0n) is 15.3. The summed E-state index contributed by atoms with van der Waals surface area (Å²) in [6.07, 6.45) is 13.9. The largest absolute Gasteiger partial charge is 0.338 e. The fourth-order valence-corrected chi connectivity index (χ4v) is 4.59. The summed E-state index contributed by atoms with van der Waals surface area (Å²) in [4.78, 5) is 24.1. The van der Waals surface area contributed by atoms with E-state index in [1.807, 2.05) is 29.5 Å². The molecule has 138 valence electrons. The van der Waals surface area contributed by atoms with E-state index in [4.69, 9.17) is 0 Å². The van der Waals surface area contributed by atoms with Gasteiger partial charge in [-0.05, 0) is 50.0 Å². The second-order valence-corrected chi connectivity index (χ2v) is 8.18. The van der Waals surface area contributed by atoms with Crippen molar-refractivity contribution in [2.45, 2.75) is 49.6 Å². The van der Waals surface area contributed by atoms with Crippen LogP contribution in [0.3, 0.4) is 0 Å². The Hall–Kier alpha value is -1.82. The Morgan fingerprint density at radius 2 is 2.12 bits per heavy atom. The van der Waals surface area contributed by atoms with E-state index in [0.29, 0.717) is 5.92 Å². The zero-order valence-corrected chi connectivity index (χ0v) is 16.1. The number of likely N-dealkylation sites (tertiary alicyclic amines) is 1. The molecule has 26 heavy (non-hydrogen) atoms. The lowest BCUT2D eigenvalue weighted by Crippen LogP contribution is -2.40. The monoisotopic (exact) mass is 370 g/mol. The van der Waals surface area contributed by atoms with Gasteiger partial charge in [0.2, 0.25) is 0 Å². The average Bonchev–Trinajstić information content (AvgIpc) is 3.12. The molecule has 2 fully saturated rings. The summed E-state index contributed by atoms with van der Waals surface area (Å²) in [7, 11) is 0. The molecule has 1 aliphatic carbocycles. The topological polar surface area (TPSA) is 51.0 Å². The predicted octanol–water partition coefficient (Wildman–Crippen LogP) is 3.82. The van der Waals surface area contributed by atoms with Crippen LogP contribution in [0.15, 0.2) is 35.7 Å². The van der Waals surface area contributed by atoms with Gasteiger partial charge in [0, 0.05) is 44.1 Å². The molecule has 1 aliphatic heterocycles. The fraction of sp³-hybridized carbons (Fsp3) is 0.550. The summed E-state index contributed by atoms with van der Waals surface area (Å²) >= 11 is 1.53. The Morgan fingerprint density at radius 1 is 1.23 bits per heavy atom. The highest BCUT2D eigenvalue weighted by molar-refractivity contribution is 7.98. The SMILES string of the molecule is CSc1ncccc1C(=O)N1CCC[C@H](c2nccn2CC2CCC2)C1. The first-order valence-electron chi connectivity index (χ1n) is 9.55. The number of carbonyl (C=O) groups excluding carboxylic acids is 1. The second-order valence-electron chi connectivity index (χ2n) is 7.39. The fourth-order valence-electron chi connectivity index (χ4n) is 4.05. The van der Waals surface area contributed by atoms with Crippen molar-refractivity contribution < 1.29 is 4.79 Å². The van der Waals surface area contributed by atoms with E-state index in [2.05, 4.69) is 20.7 Å². The van der Waals surface area contributed by atoms with Crippen molar-refractivity contribution in [3.8, 4) is 0 Å². The summed E-state index contributed by atoms with van der Waals surface area (Å²) in [5.74, 6) is 2.40. The first kappa shape index (κ1) is 17.6. The first-order chi connectivity index (χ1) is 12.8. The van der Waals surface area contributed by atoms with Crippen LogP contribution < -0.4 is 0 Å². The number of piperidine rings is 1. The molecule has 0 unspecified atom stereocenters. The van der Waals surface area contributed by atoms with Gasteiger partial charge in [-0.25, -0.2) is 9.97 Å². The van der Waals surface area contributed by atoms with E-state index < -0.39 is 0 Å². The summed E-state index contributed by atoms with van der Waals surface area (Å²) in [6.45, 7) is 2.66. The van der Waals surface area contributed by atoms with Crippen LogP contribution in [0.2, 0.25) is 0 Å². The van der Waals surface area contributed by atoms with Gasteiger partial charge < -0.3 is 9.47 Å². The van der Waals surface area contributed by atoms with Gasteiger partial charge in [-0.15, -0.1) is 11.8 Å². The van der Waals surface area contributed by atoms with E-state index in [1.54, 1.807) is 6.20 Å². The van der Waals surface area contributed by atoms with E-state index in [1.165, 1.54) is 31.0 Å². The van der Waals surface area contributed by atoms with E-state index in [0.717, 1.165) is 54.8 Å². The molecule has 3 heterocycles. The summed E-state index contributed by atoms with van der Waals surface area (Å²) in [5.41, 5.74) is 0.721. The first-order valence-corrected chi connectivity index (χ1v) is 10.8. The van der Waals surface area contributed by atoms with Crippen molar-refractivity contribution >= 4 is 17.7 Å². The lowest BCUT2D eigenvalue weighted by Gasteiger charge is -2.34. The number of nitrogens with zero attached hydrogens (tertiary/aromatic N) is 4. The molecule has 4 rings (SSSR count). The minimum absolute atomic E-state index is 0.101. The van der Waals surface area contributed by atoms with Crippen LogP contribution in [-0.2, 0) is 6.54 Å². The molecule has 2 aromatic rings. The van der Waals surface area contributed by atoms with E-state index in [-0.39, 0.29) is 5.91 Å². The quantitative estimate of drug-likeness (QED) is 0.751. The molecule has 0 spiro atoms. The number of rotatable bonds is 5. The van der Waals surface area contributed by atoms with Crippen LogP contribution in [-0.4, -0.2) is 44.7 Å². The van der Waals surface area contributed by atoms with Crippen molar-refractivity contribution in [1.29, 1.82) is 0 Å². The van der Waals surface area contributed by atoms with Crippen LogP contribution in [0.25, 0.3) is 0 Å². The number of hydrogen-bond acceptors (Lipinski definition) is 4. The summed E-state index contributed by atoms with van der Waals surface area (Å²) in [6, 6.07) is 3.74. The van der Waals surface area contributed by atoms with E-state index >= 15 is 0 Å². The highest BCUT2D eigenvalue weighted by Gasteiger charge is 2.30. The lowest BCUT2D eigenvalue weighted by molar-refractivity contribution is 0.0698. The Bertz CT molecular complexity index is 771. The van der Waals surface area contributed by atoms with Crippen LogP contribution in [0.4, 0.5) is 0 Å². The molecular formula is C20H26N4OS. The standard InChI is InChI=1S/C20H26N4OS/c1-26-19-17(8-3-9-22-19)20(25)24-11-4-7-16(14-24)18-21-10-12-23(18)13-15-5-2-6-15/h3,8-10,12,15-16H,2,4-7,11,13-14H2,1H3/t16-/m0/s1. The maximum atomic E-state index is 13.1. The van der Waals surface area contributed by atoms with Gasteiger partial charge in [0.1, 0.15) is 10.9 Å². The molecule has 1 amide bonds. The average molecular weight is 371 g/mol. The maximum Gasteiger partial charge on any atom is 0.256 e. The number of hydrogen-bond donors (Lipinski definition) is 0. The third kappa shape index (κ3) is 3.52. The van der Waals surface area contributed by atoms with Crippen molar-refractivity contribution in [1.82, 2.24) is 19.4 Å². The number of amides is 1. The van der Waals surface area contributed by atoms with Gasteiger partial charge in [0.25, 0.3) is 5.91 Å². The molecule has 0 bridgehead atoms. The second kappa shape index (κ2) is 7.82. The minimum Gasteiger partial charge on any atom is -0.338 e. The number of pyridine rings is 1. The Labute approximate surface area is 159 Å². The molecule has 2 aromatic heterocycles. The number of carbonyl (C=O) groups is 1. The number of imidazole rings is 1. The van der Waals surface area contributed by atoms with Crippen molar-refractivity contribution in [3.63, 3.8) is 0 Å². The predicted molar refractivity (Wildman–Crippen MR) is 103 cm³/mol. The molecule has 1 atom stereocenters. The van der Waals surface area contributed by atoms with Gasteiger partial charge in [-0.1, -0.05) is 6.42 Å². The lowest BCUT2D eigenvalue weighted by atomic mass is 9.85. The molecule has 6 heteroatoms. The molecule has 2 aliphatic rings. The molecule has 1 saturated carbocycles. The minimum atomic E-state index is 0.101. The third-order valence-corrected chi connectivity index (χ3v) is 6.41. The van der Waals surface area contributed by atoms with Crippen molar-refractivity contribution in [2.75, 3.05) is 19.3 Å². The third-order valence-electron chi connectivity index (χ3n) is 5.70. The van der Waals surface area contributed by atoms with Crippen LogP contribution in [0.5, 0.6) is 0 Å². The van der Waals surface area contributed by atoms with Gasteiger partial charge >= 0.3 is 0 Å². The van der Waals surface area contributed by atoms with Gasteiger partial charge in [-0.3, -0.25) is 4.79 Å². The summed E-state index contributed by atoms with van der Waals surface area (Å²) < 4.78 is 2.33. The Morgan fingerprint density at radius 3 is 2.88 bits per heavy atom. The molecule has 0 radical (unpaired) electrons. The Balaban J connectivity index is 1.49. The van der Waals surface area contributed by atoms with Crippen LogP contribution >= 0.6 is 11.8 Å². The molecule has 1 saturated heterocycles. The van der Waals surface area contributed by atoms with Crippen molar-refractivity contribution in [2.24, 2.45) is 5.92 Å². The normalized spacial score (nSPS) is 20.8. The maximum absolute atomic E-state index is 13.1. The highest BCUT2D eigenvalue weighted by atomic mass is 32.2. The number of aromatic nitrogens is 3. The summed E-state index contributed by atoms with van der Waals surface area (Å²) in [5, 5.41) is 0.811. The highest BCUT2D eigenvalue weighted by Crippen LogP contribution is 2.31. The molecule has 0 N–H and O–H groups in total. The molecule has 5 nitrogen and oxygen atoms in total. The van der Waals surface area contributed by atoms with Gasteiger partial charge in [0.15, 0.2) is 0 Å². The molecule has 0 aromatic carbocycles. The zero-order chi connectivity index (χ0) is 17.9. The molecular weight excluding hydrogens is 344 g/mol. The smallest absolute Gasteiger partial charge is 0.256 e. The van der Waals surface area contributed by atoms with Gasteiger partial charge in [0.05, 0.1) is 5.56 Å². The number of thioether (sulfide) groups is 1. The van der Waals surface area contributed by atoms with Crippen LogP contribution in [0.1, 0.15) is 54.2 Å². The van der Waals surface area contributed by atoms with Crippen molar-refractivity contribution in [3.05, 3.63) is 42.1 Å². The van der Waals surface area contributed by atoms with Gasteiger partial charge in [-0.2, -0.15) is 0 Å². The Kier molecular flexibility index (Phi) is 5.29. The van der Waals surface area contributed by atoms with Crippen LogP contribution in [0, 0.1) is 5.92 Å².